The van der Waals surface area contributed by atoms with Gasteiger partial charge in [0.25, 0.3) is 0 Å². The lowest BCUT2D eigenvalue weighted by Crippen LogP contribution is -2.37. The van der Waals surface area contributed by atoms with Crippen LogP contribution in [0.25, 0.3) is 0 Å². The normalized spacial score (nSPS) is 22.3. The molecule has 0 bridgehead atoms. The van der Waals surface area contributed by atoms with E-state index in [1.54, 1.807) is 0 Å². The standard InChI is InChI=1S/C15H23N3O/c1-11(12-4-5-12)17-14-3-2-8-16-15(14)18-9-6-13(19)7-10-18/h2-3,8,11-13,17,19H,4-7,9-10H2,1H3/t11-/m0/s1. The Hall–Kier alpha value is -1.29. The van der Waals surface area contributed by atoms with E-state index < -0.39 is 0 Å². The van der Waals surface area contributed by atoms with Gasteiger partial charge in [0.1, 0.15) is 0 Å². The van der Waals surface area contributed by atoms with Gasteiger partial charge in [0.2, 0.25) is 0 Å². The minimum absolute atomic E-state index is 0.137. The summed E-state index contributed by atoms with van der Waals surface area (Å²) in [6.07, 6.45) is 6.09. The summed E-state index contributed by atoms with van der Waals surface area (Å²) in [6.45, 7) is 4.05. The molecule has 1 aliphatic carbocycles. The Morgan fingerprint density at radius 2 is 2.05 bits per heavy atom. The molecule has 1 aromatic heterocycles. The first-order valence-corrected chi connectivity index (χ1v) is 7.38. The number of nitrogens with one attached hydrogen (secondary N) is 1. The Bertz CT molecular complexity index is 425. The van der Waals surface area contributed by atoms with E-state index in [4.69, 9.17) is 0 Å². The molecule has 3 rings (SSSR count). The van der Waals surface area contributed by atoms with E-state index in [1.165, 1.54) is 12.8 Å². The molecule has 104 valence electrons. The number of hydrogen-bond donors (Lipinski definition) is 2. The summed E-state index contributed by atoms with van der Waals surface area (Å²) in [5.74, 6) is 1.87. The van der Waals surface area contributed by atoms with Crippen LogP contribution < -0.4 is 10.2 Å². The number of hydrogen-bond acceptors (Lipinski definition) is 4. The van der Waals surface area contributed by atoms with Crippen molar-refractivity contribution < 1.29 is 5.11 Å². The van der Waals surface area contributed by atoms with Gasteiger partial charge in [0.15, 0.2) is 5.82 Å². The largest absolute Gasteiger partial charge is 0.393 e. The van der Waals surface area contributed by atoms with Crippen molar-refractivity contribution in [1.82, 2.24) is 4.98 Å². The van der Waals surface area contributed by atoms with Crippen LogP contribution in [0.15, 0.2) is 18.3 Å². The molecule has 0 aromatic carbocycles. The number of rotatable bonds is 4. The summed E-state index contributed by atoms with van der Waals surface area (Å²) < 4.78 is 0. The maximum atomic E-state index is 9.61. The predicted molar refractivity (Wildman–Crippen MR) is 77.5 cm³/mol. The second-order valence-electron chi connectivity index (χ2n) is 5.86. The monoisotopic (exact) mass is 261 g/mol. The third-order valence-corrected chi connectivity index (χ3v) is 4.26. The topological polar surface area (TPSA) is 48.4 Å². The quantitative estimate of drug-likeness (QED) is 0.873. The van der Waals surface area contributed by atoms with Gasteiger partial charge >= 0.3 is 0 Å². The van der Waals surface area contributed by atoms with Crippen LogP contribution in [-0.4, -0.2) is 35.3 Å². The SMILES string of the molecule is C[C@H](Nc1cccnc1N1CCC(O)CC1)C1CC1. The minimum atomic E-state index is -0.137. The highest BCUT2D eigenvalue weighted by atomic mass is 16.3. The van der Waals surface area contributed by atoms with Crippen molar-refractivity contribution in [3.8, 4) is 0 Å². The maximum absolute atomic E-state index is 9.61. The molecule has 2 heterocycles. The van der Waals surface area contributed by atoms with Gasteiger partial charge in [-0.25, -0.2) is 4.98 Å². The first-order valence-electron chi connectivity index (χ1n) is 7.38. The third-order valence-electron chi connectivity index (χ3n) is 4.26. The fraction of sp³-hybridized carbons (Fsp3) is 0.667. The molecule has 2 fully saturated rings. The fourth-order valence-electron chi connectivity index (χ4n) is 2.80. The van der Waals surface area contributed by atoms with Crippen molar-refractivity contribution in [3.63, 3.8) is 0 Å². The molecular formula is C15H23N3O. The molecule has 1 aliphatic heterocycles. The zero-order chi connectivity index (χ0) is 13.2. The number of aliphatic hydroxyl groups is 1. The van der Waals surface area contributed by atoms with Gasteiger partial charge in [0.05, 0.1) is 11.8 Å². The van der Waals surface area contributed by atoms with Crippen LogP contribution >= 0.6 is 0 Å². The smallest absolute Gasteiger partial charge is 0.151 e. The summed E-state index contributed by atoms with van der Waals surface area (Å²) in [5, 5.41) is 13.2. The summed E-state index contributed by atoms with van der Waals surface area (Å²) in [7, 11) is 0. The van der Waals surface area contributed by atoms with Gasteiger partial charge in [-0.2, -0.15) is 0 Å². The average Bonchev–Trinajstić information content (AvgIpc) is 3.25. The van der Waals surface area contributed by atoms with E-state index in [1.807, 2.05) is 12.3 Å². The molecule has 0 spiro atoms. The van der Waals surface area contributed by atoms with Crippen LogP contribution in [0.2, 0.25) is 0 Å². The van der Waals surface area contributed by atoms with Crippen molar-refractivity contribution in [3.05, 3.63) is 18.3 Å². The molecule has 1 saturated carbocycles. The molecule has 19 heavy (non-hydrogen) atoms. The maximum Gasteiger partial charge on any atom is 0.151 e. The Balaban J connectivity index is 1.72. The Morgan fingerprint density at radius 1 is 1.32 bits per heavy atom. The van der Waals surface area contributed by atoms with Gasteiger partial charge in [-0.3, -0.25) is 0 Å². The first-order chi connectivity index (χ1) is 9.24. The first kappa shape index (κ1) is 12.7. The van der Waals surface area contributed by atoms with E-state index in [9.17, 15) is 5.11 Å². The van der Waals surface area contributed by atoms with Crippen molar-refractivity contribution in [2.75, 3.05) is 23.3 Å². The Morgan fingerprint density at radius 3 is 2.74 bits per heavy atom. The van der Waals surface area contributed by atoms with Crippen LogP contribution in [-0.2, 0) is 0 Å². The molecule has 0 unspecified atom stereocenters. The Labute approximate surface area is 114 Å². The highest BCUT2D eigenvalue weighted by molar-refractivity contribution is 5.66. The third kappa shape index (κ3) is 3.00. The van der Waals surface area contributed by atoms with E-state index >= 15 is 0 Å². The van der Waals surface area contributed by atoms with Gasteiger partial charge < -0.3 is 15.3 Å². The highest BCUT2D eigenvalue weighted by Gasteiger charge is 2.29. The second kappa shape index (κ2) is 5.37. The van der Waals surface area contributed by atoms with Crippen LogP contribution in [0.1, 0.15) is 32.6 Å². The van der Waals surface area contributed by atoms with E-state index in [2.05, 4.69) is 28.2 Å². The number of aromatic nitrogens is 1. The average molecular weight is 261 g/mol. The summed E-state index contributed by atoms with van der Waals surface area (Å²) in [6, 6.07) is 4.63. The number of nitrogens with zero attached hydrogens (tertiary/aromatic N) is 2. The Kier molecular flexibility index (Phi) is 3.60. The molecule has 1 saturated heterocycles. The van der Waals surface area contributed by atoms with E-state index in [0.717, 1.165) is 43.4 Å². The summed E-state index contributed by atoms with van der Waals surface area (Å²) in [5.41, 5.74) is 1.14. The number of pyridine rings is 1. The molecule has 1 aromatic rings. The lowest BCUT2D eigenvalue weighted by atomic mass is 10.1. The van der Waals surface area contributed by atoms with Gasteiger partial charge in [-0.1, -0.05) is 0 Å². The molecule has 1 atom stereocenters. The van der Waals surface area contributed by atoms with Gasteiger partial charge in [0, 0.05) is 25.3 Å². The molecule has 2 N–H and O–H groups in total. The predicted octanol–water partition coefficient (Wildman–Crippen LogP) is 2.25. The van der Waals surface area contributed by atoms with Crippen molar-refractivity contribution in [2.24, 2.45) is 5.92 Å². The second-order valence-corrected chi connectivity index (χ2v) is 5.86. The number of aliphatic hydroxyl groups excluding tert-OH is 1. The zero-order valence-corrected chi connectivity index (χ0v) is 11.5. The fourth-order valence-corrected chi connectivity index (χ4v) is 2.80. The van der Waals surface area contributed by atoms with Crippen molar-refractivity contribution in [2.45, 2.75) is 44.8 Å². The molecular weight excluding hydrogens is 238 g/mol. The molecule has 2 aliphatic rings. The number of piperidine rings is 1. The van der Waals surface area contributed by atoms with Crippen molar-refractivity contribution in [1.29, 1.82) is 0 Å². The van der Waals surface area contributed by atoms with Crippen LogP contribution in [0.3, 0.4) is 0 Å². The molecule has 0 amide bonds. The number of anilines is 2. The van der Waals surface area contributed by atoms with Crippen LogP contribution in [0.4, 0.5) is 11.5 Å². The zero-order valence-electron chi connectivity index (χ0n) is 11.5. The minimum Gasteiger partial charge on any atom is -0.393 e. The lowest BCUT2D eigenvalue weighted by Gasteiger charge is -2.32. The molecule has 4 heteroatoms. The molecule has 0 radical (unpaired) electrons. The summed E-state index contributed by atoms with van der Waals surface area (Å²) in [4.78, 5) is 6.83. The van der Waals surface area contributed by atoms with Crippen molar-refractivity contribution >= 4 is 11.5 Å². The molecule has 4 nitrogen and oxygen atoms in total. The van der Waals surface area contributed by atoms with Crippen LogP contribution in [0.5, 0.6) is 0 Å². The van der Waals surface area contributed by atoms with E-state index in [-0.39, 0.29) is 6.10 Å². The van der Waals surface area contributed by atoms with Gasteiger partial charge in [-0.05, 0) is 50.7 Å². The lowest BCUT2D eigenvalue weighted by molar-refractivity contribution is 0.145. The van der Waals surface area contributed by atoms with Gasteiger partial charge in [-0.15, -0.1) is 0 Å². The van der Waals surface area contributed by atoms with Crippen LogP contribution in [0, 0.1) is 5.92 Å². The van der Waals surface area contributed by atoms with E-state index in [0.29, 0.717) is 6.04 Å². The highest BCUT2D eigenvalue weighted by Crippen LogP contribution is 2.35. The summed E-state index contributed by atoms with van der Waals surface area (Å²) >= 11 is 0.